The van der Waals surface area contributed by atoms with Gasteiger partial charge in [0, 0.05) is 38.3 Å². The first-order chi connectivity index (χ1) is 10.1. The van der Waals surface area contributed by atoms with E-state index >= 15 is 0 Å². The molecule has 1 aromatic heterocycles. The topological polar surface area (TPSA) is 45.4 Å². The van der Waals surface area contributed by atoms with Crippen molar-refractivity contribution in [3.05, 3.63) is 41.6 Å². The van der Waals surface area contributed by atoms with Crippen molar-refractivity contribution >= 4 is 5.69 Å². The lowest BCUT2D eigenvalue weighted by Crippen LogP contribution is -2.29. The van der Waals surface area contributed by atoms with Crippen LogP contribution in [0.3, 0.4) is 0 Å². The van der Waals surface area contributed by atoms with E-state index in [9.17, 15) is 0 Å². The van der Waals surface area contributed by atoms with Crippen LogP contribution >= 0.6 is 0 Å². The average Bonchev–Trinajstić information content (AvgIpc) is 2.87. The maximum absolute atomic E-state index is 5.73. The molecule has 0 amide bonds. The van der Waals surface area contributed by atoms with Crippen LogP contribution in [0.4, 0.5) is 5.69 Å². The average molecular weight is 286 g/mol. The third-order valence-corrected chi connectivity index (χ3v) is 3.88. The van der Waals surface area contributed by atoms with E-state index in [1.54, 1.807) is 0 Å². The van der Waals surface area contributed by atoms with Crippen LogP contribution in [0.15, 0.2) is 28.7 Å². The summed E-state index contributed by atoms with van der Waals surface area (Å²) in [6.45, 7) is 7.75. The minimum absolute atomic E-state index is 0.280. The van der Waals surface area contributed by atoms with Crippen molar-refractivity contribution in [3.8, 4) is 0 Å². The SMILES string of the molecule is CC(C)c1nnc(CN2CCN(C)c3ccccc3C2)o1. The number of nitrogens with zero attached hydrogens (tertiary/aromatic N) is 4. The Labute approximate surface area is 125 Å². The van der Waals surface area contributed by atoms with Gasteiger partial charge in [0.15, 0.2) is 0 Å². The van der Waals surface area contributed by atoms with Gasteiger partial charge in [-0.3, -0.25) is 4.90 Å². The monoisotopic (exact) mass is 286 g/mol. The predicted molar refractivity (Wildman–Crippen MR) is 82.2 cm³/mol. The van der Waals surface area contributed by atoms with Crippen LogP contribution < -0.4 is 4.90 Å². The third kappa shape index (κ3) is 3.08. The van der Waals surface area contributed by atoms with Crippen molar-refractivity contribution in [3.63, 3.8) is 0 Å². The number of aromatic nitrogens is 2. The highest BCUT2D eigenvalue weighted by atomic mass is 16.4. The molecule has 0 bridgehead atoms. The smallest absolute Gasteiger partial charge is 0.230 e. The quantitative estimate of drug-likeness (QED) is 0.868. The lowest BCUT2D eigenvalue weighted by molar-refractivity contribution is 0.237. The number of likely N-dealkylation sites (N-methyl/N-ethyl adjacent to an activating group) is 1. The molecule has 0 saturated heterocycles. The number of rotatable bonds is 3. The van der Waals surface area contributed by atoms with Gasteiger partial charge in [-0.1, -0.05) is 32.0 Å². The highest BCUT2D eigenvalue weighted by Crippen LogP contribution is 2.24. The molecule has 0 N–H and O–H groups in total. The van der Waals surface area contributed by atoms with Crippen molar-refractivity contribution in [1.29, 1.82) is 0 Å². The summed E-state index contributed by atoms with van der Waals surface area (Å²) in [6.07, 6.45) is 0. The van der Waals surface area contributed by atoms with Gasteiger partial charge in [0.25, 0.3) is 0 Å². The van der Waals surface area contributed by atoms with Gasteiger partial charge in [0.05, 0.1) is 6.54 Å². The second kappa shape index (κ2) is 5.85. The molecule has 0 atom stereocenters. The van der Waals surface area contributed by atoms with E-state index < -0.39 is 0 Å². The second-order valence-electron chi connectivity index (χ2n) is 5.95. The highest BCUT2D eigenvalue weighted by molar-refractivity contribution is 5.53. The molecule has 1 aromatic carbocycles. The Morgan fingerprint density at radius 2 is 2.00 bits per heavy atom. The summed E-state index contributed by atoms with van der Waals surface area (Å²) in [7, 11) is 2.14. The van der Waals surface area contributed by atoms with E-state index in [0.717, 1.165) is 25.5 Å². The van der Waals surface area contributed by atoms with E-state index in [-0.39, 0.29) is 5.92 Å². The molecule has 2 heterocycles. The number of hydrogen-bond acceptors (Lipinski definition) is 5. The van der Waals surface area contributed by atoms with Crippen LogP contribution in [-0.4, -0.2) is 35.2 Å². The summed E-state index contributed by atoms with van der Waals surface area (Å²) in [6, 6.07) is 8.57. The maximum Gasteiger partial charge on any atom is 0.230 e. The predicted octanol–water partition coefficient (Wildman–Crippen LogP) is 2.65. The Bertz CT molecular complexity index is 608. The molecule has 2 aromatic rings. The zero-order valence-electron chi connectivity index (χ0n) is 12.9. The molecule has 21 heavy (non-hydrogen) atoms. The third-order valence-electron chi connectivity index (χ3n) is 3.88. The van der Waals surface area contributed by atoms with Gasteiger partial charge < -0.3 is 9.32 Å². The van der Waals surface area contributed by atoms with E-state index in [2.05, 4.69) is 65.2 Å². The fourth-order valence-corrected chi connectivity index (χ4v) is 2.64. The lowest BCUT2D eigenvalue weighted by atomic mass is 10.1. The largest absolute Gasteiger partial charge is 0.424 e. The maximum atomic E-state index is 5.73. The minimum Gasteiger partial charge on any atom is -0.424 e. The molecule has 0 fully saturated rings. The summed E-state index contributed by atoms with van der Waals surface area (Å²) in [5, 5.41) is 8.28. The molecule has 1 aliphatic heterocycles. The van der Waals surface area contributed by atoms with Crippen LogP contribution in [0.5, 0.6) is 0 Å². The van der Waals surface area contributed by atoms with Gasteiger partial charge in [0.1, 0.15) is 0 Å². The standard InChI is InChI=1S/C16H22N4O/c1-12(2)16-18-17-15(21-16)11-20-9-8-19(3)14-7-5-4-6-13(14)10-20/h4-7,12H,8-11H2,1-3H3. The molecular formula is C16H22N4O. The van der Waals surface area contributed by atoms with Crippen molar-refractivity contribution in [2.24, 2.45) is 0 Å². The van der Waals surface area contributed by atoms with Crippen molar-refractivity contribution in [2.75, 3.05) is 25.0 Å². The van der Waals surface area contributed by atoms with Crippen LogP contribution in [0.25, 0.3) is 0 Å². The Morgan fingerprint density at radius 3 is 2.76 bits per heavy atom. The van der Waals surface area contributed by atoms with Crippen LogP contribution in [0, 0.1) is 0 Å². The zero-order chi connectivity index (χ0) is 14.8. The van der Waals surface area contributed by atoms with Crippen molar-refractivity contribution in [2.45, 2.75) is 32.9 Å². The number of hydrogen-bond donors (Lipinski definition) is 0. The van der Waals surface area contributed by atoms with Crippen LogP contribution in [0.1, 0.15) is 37.1 Å². The summed E-state index contributed by atoms with van der Waals surface area (Å²) in [5.41, 5.74) is 2.66. The zero-order valence-corrected chi connectivity index (χ0v) is 12.9. The molecule has 0 radical (unpaired) electrons. The molecular weight excluding hydrogens is 264 g/mol. The van der Waals surface area contributed by atoms with E-state index in [0.29, 0.717) is 12.4 Å². The number of anilines is 1. The normalized spacial score (nSPS) is 16.1. The first-order valence-electron chi connectivity index (χ1n) is 7.47. The molecule has 1 aliphatic rings. The van der Waals surface area contributed by atoms with Gasteiger partial charge in [-0.2, -0.15) is 0 Å². The summed E-state index contributed by atoms with van der Waals surface area (Å²) in [5.74, 6) is 1.71. The summed E-state index contributed by atoms with van der Waals surface area (Å²) in [4.78, 5) is 4.67. The van der Waals surface area contributed by atoms with Crippen LogP contribution in [0.2, 0.25) is 0 Å². The molecule has 0 unspecified atom stereocenters. The molecule has 3 rings (SSSR count). The second-order valence-corrected chi connectivity index (χ2v) is 5.95. The van der Waals surface area contributed by atoms with E-state index in [1.165, 1.54) is 11.3 Å². The Kier molecular flexibility index (Phi) is 3.92. The van der Waals surface area contributed by atoms with Gasteiger partial charge in [-0.05, 0) is 11.6 Å². The molecule has 0 spiro atoms. The fraction of sp³-hybridized carbons (Fsp3) is 0.500. The van der Waals surface area contributed by atoms with Gasteiger partial charge in [0.2, 0.25) is 11.8 Å². The van der Waals surface area contributed by atoms with E-state index in [1.807, 2.05) is 0 Å². The Balaban J connectivity index is 1.75. The van der Waals surface area contributed by atoms with Crippen LogP contribution in [-0.2, 0) is 13.1 Å². The molecule has 5 heteroatoms. The number of benzene rings is 1. The van der Waals surface area contributed by atoms with E-state index in [4.69, 9.17) is 4.42 Å². The number of fused-ring (bicyclic) bond motifs is 1. The molecule has 0 saturated carbocycles. The van der Waals surface area contributed by atoms with Gasteiger partial charge in [-0.25, -0.2) is 0 Å². The molecule has 0 aliphatic carbocycles. The molecule has 112 valence electrons. The summed E-state index contributed by atoms with van der Waals surface area (Å²) < 4.78 is 5.73. The first-order valence-corrected chi connectivity index (χ1v) is 7.47. The highest BCUT2D eigenvalue weighted by Gasteiger charge is 2.19. The minimum atomic E-state index is 0.280. The molecule has 5 nitrogen and oxygen atoms in total. The fourth-order valence-electron chi connectivity index (χ4n) is 2.64. The summed E-state index contributed by atoms with van der Waals surface area (Å²) >= 11 is 0. The Hall–Kier alpha value is -1.88. The first kappa shape index (κ1) is 14.1. The van der Waals surface area contributed by atoms with Crippen molar-refractivity contribution < 1.29 is 4.42 Å². The van der Waals surface area contributed by atoms with Crippen molar-refractivity contribution in [1.82, 2.24) is 15.1 Å². The lowest BCUT2D eigenvalue weighted by Gasteiger charge is -2.19. The van der Waals surface area contributed by atoms with Gasteiger partial charge >= 0.3 is 0 Å². The van der Waals surface area contributed by atoms with Gasteiger partial charge in [-0.15, -0.1) is 10.2 Å². The Morgan fingerprint density at radius 1 is 1.19 bits per heavy atom. The number of para-hydroxylation sites is 1.